The van der Waals surface area contributed by atoms with E-state index in [2.05, 4.69) is 5.32 Å². The average molecular weight is 412 g/mol. The van der Waals surface area contributed by atoms with Gasteiger partial charge < -0.3 is 19.9 Å². The van der Waals surface area contributed by atoms with Crippen molar-refractivity contribution in [3.8, 4) is 0 Å². The summed E-state index contributed by atoms with van der Waals surface area (Å²) >= 11 is 2.84. The molecule has 0 aromatic heterocycles. The first-order chi connectivity index (χ1) is 12.8. The van der Waals surface area contributed by atoms with Gasteiger partial charge in [0.1, 0.15) is 35.3 Å². The van der Waals surface area contributed by atoms with Crippen molar-refractivity contribution in [1.29, 1.82) is 0 Å². The van der Waals surface area contributed by atoms with E-state index in [0.717, 1.165) is 9.81 Å². The van der Waals surface area contributed by atoms with Gasteiger partial charge in [-0.1, -0.05) is 11.8 Å². The molecule has 0 saturated carbocycles. The van der Waals surface area contributed by atoms with Crippen molar-refractivity contribution in [2.75, 3.05) is 12.4 Å². The summed E-state index contributed by atoms with van der Waals surface area (Å²) < 4.78 is 10.1. The van der Waals surface area contributed by atoms with Crippen LogP contribution in [0.25, 0.3) is 0 Å². The highest BCUT2D eigenvalue weighted by Crippen LogP contribution is 2.47. The topological polar surface area (TPSA) is 126 Å². The number of nitrogens with zero attached hydrogens (tertiary/aromatic N) is 1. The summed E-state index contributed by atoms with van der Waals surface area (Å²) in [5.74, 6) is -2.23. The number of thioether (sulfide) groups is 2. The van der Waals surface area contributed by atoms with E-state index in [1.165, 1.54) is 30.4 Å². The highest BCUT2D eigenvalue weighted by atomic mass is 32.2. The minimum absolute atomic E-state index is 0.103. The number of aliphatic carboxylic acids is 1. The summed E-state index contributed by atoms with van der Waals surface area (Å²) in [5, 5.41) is 11.7. The maximum atomic E-state index is 12.5. The first-order valence-corrected chi connectivity index (χ1v) is 10.1. The smallest absolute Gasteiger partial charge is 0.352 e. The molecular weight excluding hydrogens is 396 g/mol. The molecule has 4 aliphatic heterocycles. The third-order valence-corrected chi connectivity index (χ3v) is 6.99. The van der Waals surface area contributed by atoms with Crippen LogP contribution in [0.5, 0.6) is 0 Å². The second-order valence-electron chi connectivity index (χ2n) is 6.39. The number of carbonyl (C=O) groups is 4. The molecule has 9 nitrogen and oxygen atoms in total. The molecule has 0 bridgehead atoms. The predicted octanol–water partition coefficient (Wildman–Crippen LogP) is 0.0338. The zero-order valence-electron chi connectivity index (χ0n) is 14.2. The van der Waals surface area contributed by atoms with Crippen LogP contribution in [-0.2, 0) is 28.7 Å². The highest BCUT2D eigenvalue weighted by molar-refractivity contribution is 8.04. The second-order valence-corrected chi connectivity index (χ2v) is 8.72. The van der Waals surface area contributed by atoms with E-state index in [0.29, 0.717) is 11.3 Å². The summed E-state index contributed by atoms with van der Waals surface area (Å²) in [6.45, 7) is 1.06. The van der Waals surface area contributed by atoms with E-state index in [4.69, 9.17) is 9.47 Å². The Balaban J connectivity index is 1.40. The van der Waals surface area contributed by atoms with Crippen molar-refractivity contribution in [2.24, 2.45) is 0 Å². The van der Waals surface area contributed by atoms with Crippen molar-refractivity contribution < 1.29 is 33.8 Å². The molecule has 0 aromatic carbocycles. The van der Waals surface area contributed by atoms with Crippen LogP contribution in [0.1, 0.15) is 13.3 Å². The first kappa shape index (κ1) is 18.4. The maximum Gasteiger partial charge on any atom is 0.352 e. The number of rotatable bonds is 6. The molecule has 4 atom stereocenters. The highest BCUT2D eigenvalue weighted by Gasteiger charge is 2.54. The monoisotopic (exact) mass is 412 g/mol. The third-order valence-electron chi connectivity index (χ3n) is 4.45. The Morgan fingerprint density at radius 2 is 2.22 bits per heavy atom. The standard InChI is InChI=1S/C16H16N2O7S2/c1-6(19)24-4-7-5-26-14-11(13(21)18(14)12(7)15(22)23)17-10(20)3-8-2-9-16(25-9)27-8/h2,9,11,14,16H,3-5H2,1H3,(H,17,20)(H,22,23)/t9?,11-,14-,16?/m1/s1. The average Bonchev–Trinajstić information content (AvgIpc) is 3.22. The second kappa shape index (κ2) is 6.88. The van der Waals surface area contributed by atoms with Crippen molar-refractivity contribution in [2.45, 2.75) is 36.3 Å². The van der Waals surface area contributed by atoms with Crippen LogP contribution in [-0.4, -0.2) is 69.1 Å². The summed E-state index contributed by atoms with van der Waals surface area (Å²) in [6, 6.07) is -0.759. The molecule has 4 aliphatic rings. The lowest BCUT2D eigenvalue weighted by Gasteiger charge is -2.49. The van der Waals surface area contributed by atoms with Crippen molar-refractivity contribution in [3.63, 3.8) is 0 Å². The summed E-state index contributed by atoms with van der Waals surface area (Å²) in [4.78, 5) is 49.4. The number of hydrogen-bond acceptors (Lipinski definition) is 8. The molecule has 2 unspecified atom stereocenters. The molecule has 0 spiro atoms. The van der Waals surface area contributed by atoms with Crippen LogP contribution >= 0.6 is 23.5 Å². The van der Waals surface area contributed by atoms with Gasteiger partial charge in [-0.15, -0.1) is 11.8 Å². The number of esters is 1. The van der Waals surface area contributed by atoms with E-state index < -0.39 is 29.3 Å². The summed E-state index contributed by atoms with van der Waals surface area (Å²) in [6.07, 6.45) is 2.19. The lowest BCUT2D eigenvalue weighted by Crippen LogP contribution is -2.70. The number of epoxide rings is 1. The van der Waals surface area contributed by atoms with Crippen molar-refractivity contribution in [3.05, 3.63) is 22.3 Å². The van der Waals surface area contributed by atoms with E-state index in [1.807, 2.05) is 6.08 Å². The Hall–Kier alpha value is -1.98. The lowest BCUT2D eigenvalue weighted by molar-refractivity contribution is -0.151. The molecule has 144 valence electrons. The number of nitrogens with one attached hydrogen (secondary N) is 1. The van der Waals surface area contributed by atoms with Gasteiger partial charge in [-0.2, -0.15) is 0 Å². The van der Waals surface area contributed by atoms with E-state index in [-0.39, 0.29) is 36.2 Å². The number of carboxylic acid groups (broad SMARTS) is 1. The number of hydrogen-bond donors (Lipinski definition) is 2. The zero-order chi connectivity index (χ0) is 19.3. The molecule has 4 heterocycles. The van der Waals surface area contributed by atoms with Gasteiger partial charge in [0, 0.05) is 18.2 Å². The van der Waals surface area contributed by atoms with Crippen molar-refractivity contribution in [1.82, 2.24) is 10.2 Å². The number of carbonyl (C=O) groups excluding carboxylic acids is 3. The molecule has 2 fully saturated rings. The molecule has 0 aromatic rings. The summed E-state index contributed by atoms with van der Waals surface area (Å²) in [7, 11) is 0. The Morgan fingerprint density at radius 1 is 1.44 bits per heavy atom. The van der Waals surface area contributed by atoms with Crippen LogP contribution in [0.4, 0.5) is 0 Å². The molecule has 4 rings (SSSR count). The zero-order valence-corrected chi connectivity index (χ0v) is 15.8. The van der Waals surface area contributed by atoms with Gasteiger partial charge in [-0.3, -0.25) is 19.3 Å². The fraction of sp³-hybridized carbons (Fsp3) is 0.500. The predicted molar refractivity (Wildman–Crippen MR) is 95.3 cm³/mol. The summed E-state index contributed by atoms with van der Waals surface area (Å²) in [5.41, 5.74) is 0.326. The number of ether oxygens (including phenoxy) is 2. The molecule has 27 heavy (non-hydrogen) atoms. The van der Waals surface area contributed by atoms with E-state index in [1.54, 1.807) is 0 Å². The van der Waals surface area contributed by atoms with Crippen LogP contribution < -0.4 is 5.32 Å². The fourth-order valence-electron chi connectivity index (χ4n) is 3.16. The van der Waals surface area contributed by atoms with Gasteiger partial charge in [0.2, 0.25) is 5.91 Å². The van der Waals surface area contributed by atoms with Crippen LogP contribution in [0.15, 0.2) is 22.3 Å². The largest absolute Gasteiger partial charge is 0.477 e. The Morgan fingerprint density at radius 3 is 2.85 bits per heavy atom. The maximum absolute atomic E-state index is 12.5. The molecule has 2 saturated heterocycles. The number of amides is 2. The van der Waals surface area contributed by atoms with Gasteiger partial charge in [0.15, 0.2) is 0 Å². The van der Waals surface area contributed by atoms with Gasteiger partial charge in [0.05, 0.1) is 6.42 Å². The third kappa shape index (κ3) is 3.46. The van der Waals surface area contributed by atoms with Crippen molar-refractivity contribution >= 4 is 47.3 Å². The minimum Gasteiger partial charge on any atom is -0.477 e. The van der Waals surface area contributed by atoms with Gasteiger partial charge in [-0.25, -0.2) is 4.79 Å². The van der Waals surface area contributed by atoms with E-state index in [9.17, 15) is 24.3 Å². The Bertz CT molecular complexity index is 809. The molecular formula is C16H16N2O7S2. The number of carboxylic acids is 1. The number of β-lactam (4-membered cyclic amide) rings is 1. The minimum atomic E-state index is -1.26. The SMILES string of the molecule is CC(=O)OCC1=C(C(=O)O)N2C(=O)[C@@H](NC(=O)CC3=CC4OC4S3)[C@H]2SC1. The quantitative estimate of drug-likeness (QED) is 0.353. The Labute approximate surface area is 162 Å². The Kier molecular flexibility index (Phi) is 4.68. The van der Waals surface area contributed by atoms with Crippen LogP contribution in [0.2, 0.25) is 0 Å². The molecule has 11 heteroatoms. The lowest BCUT2D eigenvalue weighted by atomic mass is 10.0. The van der Waals surface area contributed by atoms with Crippen LogP contribution in [0, 0.1) is 0 Å². The molecule has 2 amide bonds. The molecule has 0 radical (unpaired) electrons. The first-order valence-electron chi connectivity index (χ1n) is 8.20. The van der Waals surface area contributed by atoms with Crippen LogP contribution in [0.3, 0.4) is 0 Å². The number of fused-ring (bicyclic) bond motifs is 2. The fourth-order valence-corrected chi connectivity index (χ4v) is 5.61. The van der Waals surface area contributed by atoms with Gasteiger partial charge in [-0.05, 0) is 11.0 Å². The molecule has 0 aliphatic carbocycles. The normalized spacial score (nSPS) is 30.8. The molecule has 2 N–H and O–H groups in total. The van der Waals surface area contributed by atoms with E-state index >= 15 is 0 Å². The van der Waals surface area contributed by atoms with Gasteiger partial charge >= 0.3 is 11.9 Å². The van der Waals surface area contributed by atoms with Gasteiger partial charge in [0.25, 0.3) is 5.91 Å².